The number of nitrogens with one attached hydrogen (secondary N) is 1. The summed E-state index contributed by atoms with van der Waals surface area (Å²) < 4.78 is 5.60. The average Bonchev–Trinajstić information content (AvgIpc) is 2.47. The Balaban J connectivity index is 2.01. The number of anilines is 1. The molecule has 4 heteroatoms. The van der Waals surface area contributed by atoms with Gasteiger partial charge in [-0.1, -0.05) is 23.7 Å². The van der Waals surface area contributed by atoms with E-state index in [4.69, 9.17) is 21.6 Å². The maximum absolute atomic E-state index is 8.91. The lowest BCUT2D eigenvalue weighted by Crippen LogP contribution is -2.05. The van der Waals surface area contributed by atoms with E-state index in [1.54, 1.807) is 18.2 Å². The van der Waals surface area contributed by atoms with Gasteiger partial charge in [0.2, 0.25) is 0 Å². The largest absolute Gasteiger partial charge is 0.491 e. The van der Waals surface area contributed by atoms with Crippen LogP contribution < -0.4 is 10.1 Å². The number of nitriles is 1. The van der Waals surface area contributed by atoms with Crippen LogP contribution in [0.1, 0.15) is 25.0 Å². The van der Waals surface area contributed by atoms with Crippen LogP contribution in [0.5, 0.6) is 5.75 Å². The highest BCUT2D eigenvalue weighted by Crippen LogP contribution is 2.23. The first kappa shape index (κ1) is 15.2. The molecule has 0 unspecified atom stereocenters. The van der Waals surface area contributed by atoms with Crippen LogP contribution in [-0.2, 0) is 6.54 Å². The van der Waals surface area contributed by atoms with E-state index in [9.17, 15) is 0 Å². The van der Waals surface area contributed by atoms with Gasteiger partial charge in [-0.05, 0) is 49.7 Å². The second kappa shape index (κ2) is 7.01. The molecule has 3 nitrogen and oxygen atoms in total. The summed E-state index contributed by atoms with van der Waals surface area (Å²) in [5, 5.41) is 12.8. The van der Waals surface area contributed by atoms with Crippen LogP contribution >= 0.6 is 11.6 Å². The Morgan fingerprint density at radius 2 is 1.90 bits per heavy atom. The lowest BCUT2D eigenvalue weighted by Gasteiger charge is -2.11. The lowest BCUT2D eigenvalue weighted by molar-refractivity contribution is 0.242. The number of benzene rings is 2. The third-order valence-corrected chi connectivity index (χ3v) is 3.20. The second-order valence-corrected chi connectivity index (χ2v) is 5.38. The fourth-order valence-electron chi connectivity index (χ4n) is 1.89. The quantitative estimate of drug-likeness (QED) is 0.877. The van der Waals surface area contributed by atoms with E-state index in [2.05, 4.69) is 11.4 Å². The normalized spacial score (nSPS) is 10.2. The maximum Gasteiger partial charge on any atom is 0.119 e. The molecule has 0 radical (unpaired) electrons. The first-order valence-electron chi connectivity index (χ1n) is 6.77. The van der Waals surface area contributed by atoms with E-state index in [0.717, 1.165) is 17.0 Å². The molecule has 1 N–H and O–H groups in total. The molecule has 21 heavy (non-hydrogen) atoms. The number of ether oxygens (including phenoxy) is 1. The van der Waals surface area contributed by atoms with Gasteiger partial charge in [0.1, 0.15) is 5.75 Å². The van der Waals surface area contributed by atoms with Crippen molar-refractivity contribution in [3.63, 3.8) is 0 Å². The summed E-state index contributed by atoms with van der Waals surface area (Å²) in [6.07, 6.45) is 0.168. The predicted molar refractivity (Wildman–Crippen MR) is 85.7 cm³/mol. The van der Waals surface area contributed by atoms with Crippen molar-refractivity contribution in [3.8, 4) is 11.8 Å². The molecule has 2 rings (SSSR count). The van der Waals surface area contributed by atoms with Gasteiger partial charge >= 0.3 is 0 Å². The number of nitrogens with zero attached hydrogens (tertiary/aromatic N) is 1. The Kier molecular flexibility index (Phi) is 5.08. The zero-order valence-electron chi connectivity index (χ0n) is 12.1. The van der Waals surface area contributed by atoms with Crippen molar-refractivity contribution in [3.05, 3.63) is 58.6 Å². The van der Waals surface area contributed by atoms with Crippen LogP contribution in [0.15, 0.2) is 42.5 Å². The SMILES string of the molecule is CC(C)Oc1ccc(CNc2cc(C#N)ccc2Cl)cc1. The van der Waals surface area contributed by atoms with Crippen molar-refractivity contribution >= 4 is 17.3 Å². The minimum Gasteiger partial charge on any atom is -0.491 e. The molecule has 0 aromatic heterocycles. The van der Waals surface area contributed by atoms with Gasteiger partial charge in [0.15, 0.2) is 0 Å². The zero-order valence-corrected chi connectivity index (χ0v) is 12.8. The fraction of sp³-hybridized carbons (Fsp3) is 0.235. The molecular formula is C17H17ClN2O. The highest BCUT2D eigenvalue weighted by molar-refractivity contribution is 6.33. The molecule has 0 spiro atoms. The topological polar surface area (TPSA) is 45.0 Å². The maximum atomic E-state index is 8.91. The Morgan fingerprint density at radius 3 is 2.52 bits per heavy atom. The van der Waals surface area contributed by atoms with Crippen molar-refractivity contribution in [1.82, 2.24) is 0 Å². The van der Waals surface area contributed by atoms with Crippen molar-refractivity contribution in [1.29, 1.82) is 5.26 Å². The van der Waals surface area contributed by atoms with Crippen molar-refractivity contribution in [2.45, 2.75) is 26.5 Å². The van der Waals surface area contributed by atoms with Crippen molar-refractivity contribution in [2.24, 2.45) is 0 Å². The van der Waals surface area contributed by atoms with Gasteiger partial charge in [-0.15, -0.1) is 0 Å². The molecule has 2 aromatic rings. The van der Waals surface area contributed by atoms with Crippen molar-refractivity contribution in [2.75, 3.05) is 5.32 Å². The molecule has 0 aliphatic heterocycles. The van der Waals surface area contributed by atoms with E-state index in [1.807, 2.05) is 38.1 Å². The van der Waals surface area contributed by atoms with Crippen LogP contribution in [0.2, 0.25) is 5.02 Å². The predicted octanol–water partition coefficient (Wildman–Crippen LogP) is 4.61. The zero-order chi connectivity index (χ0) is 15.2. The van der Waals surface area contributed by atoms with Crippen LogP contribution in [0.4, 0.5) is 5.69 Å². The van der Waals surface area contributed by atoms with Crippen LogP contribution in [0, 0.1) is 11.3 Å². The van der Waals surface area contributed by atoms with Gasteiger partial charge in [-0.3, -0.25) is 0 Å². The van der Waals surface area contributed by atoms with E-state index in [0.29, 0.717) is 17.1 Å². The summed E-state index contributed by atoms with van der Waals surface area (Å²) in [7, 11) is 0. The number of hydrogen-bond donors (Lipinski definition) is 1. The summed E-state index contributed by atoms with van der Waals surface area (Å²) >= 11 is 6.11. The van der Waals surface area contributed by atoms with E-state index in [1.165, 1.54) is 0 Å². The molecule has 2 aromatic carbocycles. The minimum atomic E-state index is 0.168. The minimum absolute atomic E-state index is 0.168. The average molecular weight is 301 g/mol. The molecule has 0 aliphatic rings. The Bertz CT molecular complexity index is 645. The monoisotopic (exact) mass is 300 g/mol. The van der Waals surface area contributed by atoms with Gasteiger partial charge in [0.05, 0.1) is 28.4 Å². The van der Waals surface area contributed by atoms with Crippen LogP contribution in [0.25, 0.3) is 0 Å². The summed E-state index contributed by atoms with van der Waals surface area (Å²) in [4.78, 5) is 0. The van der Waals surface area contributed by atoms with E-state index >= 15 is 0 Å². The molecule has 0 fully saturated rings. The second-order valence-electron chi connectivity index (χ2n) is 4.97. The smallest absolute Gasteiger partial charge is 0.119 e. The van der Waals surface area contributed by atoms with Gasteiger partial charge < -0.3 is 10.1 Å². The number of halogens is 1. The van der Waals surface area contributed by atoms with Gasteiger partial charge in [-0.25, -0.2) is 0 Å². The van der Waals surface area contributed by atoms with Crippen LogP contribution in [-0.4, -0.2) is 6.10 Å². The molecule has 0 aliphatic carbocycles. The number of hydrogen-bond acceptors (Lipinski definition) is 3. The molecule has 0 amide bonds. The molecule has 0 heterocycles. The third kappa shape index (κ3) is 4.40. The molecule has 0 atom stereocenters. The summed E-state index contributed by atoms with van der Waals surface area (Å²) in [5.74, 6) is 0.860. The van der Waals surface area contributed by atoms with Gasteiger partial charge in [0.25, 0.3) is 0 Å². The Morgan fingerprint density at radius 1 is 1.19 bits per heavy atom. The van der Waals surface area contributed by atoms with E-state index < -0.39 is 0 Å². The standard InChI is InChI=1S/C17H17ClN2O/c1-12(2)21-15-6-3-13(4-7-15)11-20-17-9-14(10-19)5-8-16(17)18/h3-9,12,20H,11H2,1-2H3. The fourth-order valence-corrected chi connectivity index (χ4v) is 2.07. The molecule has 108 valence electrons. The highest BCUT2D eigenvalue weighted by atomic mass is 35.5. The first-order chi connectivity index (χ1) is 10.1. The lowest BCUT2D eigenvalue weighted by atomic mass is 10.2. The van der Waals surface area contributed by atoms with Crippen LogP contribution in [0.3, 0.4) is 0 Å². The Labute approximate surface area is 130 Å². The Hall–Kier alpha value is -2.18. The van der Waals surface area contributed by atoms with Gasteiger partial charge in [0, 0.05) is 6.54 Å². The summed E-state index contributed by atoms with van der Waals surface area (Å²) in [6, 6.07) is 15.2. The molecule has 0 saturated carbocycles. The van der Waals surface area contributed by atoms with Gasteiger partial charge in [-0.2, -0.15) is 5.26 Å². The summed E-state index contributed by atoms with van der Waals surface area (Å²) in [5.41, 5.74) is 2.46. The first-order valence-corrected chi connectivity index (χ1v) is 7.15. The summed E-state index contributed by atoms with van der Waals surface area (Å²) in [6.45, 7) is 4.63. The molecule has 0 bridgehead atoms. The van der Waals surface area contributed by atoms with Crippen molar-refractivity contribution < 1.29 is 4.74 Å². The highest BCUT2D eigenvalue weighted by Gasteiger charge is 2.03. The van der Waals surface area contributed by atoms with E-state index in [-0.39, 0.29) is 6.10 Å². The molecule has 0 saturated heterocycles. The molecular weight excluding hydrogens is 284 g/mol. The third-order valence-electron chi connectivity index (χ3n) is 2.87. The number of rotatable bonds is 5.